The molecular formula is C19H25N3O3. The van der Waals surface area contributed by atoms with Gasteiger partial charge in [-0.2, -0.15) is 5.10 Å². The molecule has 0 aliphatic carbocycles. The fourth-order valence-corrected chi connectivity index (χ4v) is 3.60. The Hall–Kier alpha value is -2.05. The van der Waals surface area contributed by atoms with Gasteiger partial charge >= 0.3 is 0 Å². The zero-order valence-corrected chi connectivity index (χ0v) is 14.6. The Bertz CT molecular complexity index is 704. The minimum Gasteiger partial charge on any atom is -0.493 e. The second-order valence-electron chi connectivity index (χ2n) is 6.61. The van der Waals surface area contributed by atoms with Crippen LogP contribution in [0.5, 0.6) is 11.5 Å². The highest BCUT2D eigenvalue weighted by Crippen LogP contribution is 2.35. The van der Waals surface area contributed by atoms with Gasteiger partial charge < -0.3 is 19.5 Å². The van der Waals surface area contributed by atoms with Crippen molar-refractivity contribution in [1.29, 1.82) is 0 Å². The zero-order valence-electron chi connectivity index (χ0n) is 14.6. The summed E-state index contributed by atoms with van der Waals surface area (Å²) in [6.07, 6.45) is 5.10. The van der Waals surface area contributed by atoms with E-state index in [1.165, 1.54) is 0 Å². The lowest BCUT2D eigenvalue weighted by atomic mass is 10.1. The van der Waals surface area contributed by atoms with Crippen molar-refractivity contribution in [3.05, 3.63) is 30.5 Å². The van der Waals surface area contributed by atoms with Crippen molar-refractivity contribution in [2.24, 2.45) is 0 Å². The number of nitrogens with one attached hydrogen (secondary N) is 1. The molecule has 0 amide bonds. The molecule has 1 unspecified atom stereocenters. The smallest absolute Gasteiger partial charge is 0.162 e. The number of methoxy groups -OCH3 is 1. The zero-order chi connectivity index (χ0) is 17.1. The normalized spacial score (nSPS) is 21.4. The predicted octanol–water partition coefficient (Wildman–Crippen LogP) is 2.65. The molecule has 2 aromatic rings. The first-order valence-corrected chi connectivity index (χ1v) is 9.02. The SMILES string of the molecule is COc1ccc(-c2ccnn2C2CCNCC2)cc1OC1CCOC1. The Morgan fingerprint density at radius 1 is 1.16 bits per heavy atom. The molecule has 1 atom stereocenters. The van der Waals surface area contributed by atoms with Gasteiger partial charge in [-0.3, -0.25) is 4.68 Å². The van der Waals surface area contributed by atoms with Crippen LogP contribution >= 0.6 is 0 Å². The Kier molecular flexibility index (Phi) is 4.90. The minimum atomic E-state index is 0.0958. The van der Waals surface area contributed by atoms with E-state index in [1.54, 1.807) is 7.11 Å². The van der Waals surface area contributed by atoms with Gasteiger partial charge in [-0.25, -0.2) is 0 Å². The number of rotatable bonds is 5. The number of ether oxygens (including phenoxy) is 3. The molecule has 2 fully saturated rings. The molecule has 6 nitrogen and oxygen atoms in total. The summed E-state index contributed by atoms with van der Waals surface area (Å²) < 4.78 is 19.2. The van der Waals surface area contributed by atoms with Crippen LogP contribution in [0.2, 0.25) is 0 Å². The molecular weight excluding hydrogens is 318 g/mol. The van der Waals surface area contributed by atoms with Crippen molar-refractivity contribution in [3.8, 4) is 22.8 Å². The average molecular weight is 343 g/mol. The summed E-state index contributed by atoms with van der Waals surface area (Å²) in [5, 5.41) is 8.00. The molecule has 6 heteroatoms. The van der Waals surface area contributed by atoms with Crippen molar-refractivity contribution in [1.82, 2.24) is 15.1 Å². The van der Waals surface area contributed by atoms with E-state index in [0.29, 0.717) is 12.6 Å². The largest absolute Gasteiger partial charge is 0.493 e. The highest BCUT2D eigenvalue weighted by atomic mass is 16.6. The van der Waals surface area contributed by atoms with E-state index in [1.807, 2.05) is 12.3 Å². The molecule has 1 N–H and O–H groups in total. The molecule has 134 valence electrons. The van der Waals surface area contributed by atoms with E-state index in [2.05, 4.69) is 33.3 Å². The van der Waals surface area contributed by atoms with E-state index in [-0.39, 0.29) is 6.10 Å². The summed E-state index contributed by atoms with van der Waals surface area (Å²) in [7, 11) is 1.67. The summed E-state index contributed by atoms with van der Waals surface area (Å²) in [6, 6.07) is 8.63. The number of piperidine rings is 1. The molecule has 1 aromatic carbocycles. The Morgan fingerprint density at radius 3 is 2.80 bits per heavy atom. The maximum Gasteiger partial charge on any atom is 0.162 e. The van der Waals surface area contributed by atoms with Gasteiger partial charge in [0, 0.05) is 18.2 Å². The first-order valence-electron chi connectivity index (χ1n) is 9.02. The van der Waals surface area contributed by atoms with E-state index < -0.39 is 0 Å². The molecule has 2 aliphatic heterocycles. The van der Waals surface area contributed by atoms with Crippen LogP contribution in [0, 0.1) is 0 Å². The summed E-state index contributed by atoms with van der Waals surface area (Å²) >= 11 is 0. The third-order valence-electron chi connectivity index (χ3n) is 4.97. The second-order valence-corrected chi connectivity index (χ2v) is 6.61. The van der Waals surface area contributed by atoms with Crippen LogP contribution in [-0.2, 0) is 4.74 Å². The number of benzene rings is 1. The van der Waals surface area contributed by atoms with Crippen LogP contribution < -0.4 is 14.8 Å². The number of hydrogen-bond acceptors (Lipinski definition) is 5. The molecule has 2 saturated heterocycles. The lowest BCUT2D eigenvalue weighted by Crippen LogP contribution is -2.30. The van der Waals surface area contributed by atoms with Gasteiger partial charge in [0.2, 0.25) is 0 Å². The first-order chi connectivity index (χ1) is 12.3. The highest BCUT2D eigenvalue weighted by molar-refractivity contribution is 5.64. The second kappa shape index (κ2) is 7.45. The third-order valence-corrected chi connectivity index (χ3v) is 4.97. The fourth-order valence-electron chi connectivity index (χ4n) is 3.60. The lowest BCUT2D eigenvalue weighted by Gasteiger charge is -2.25. The van der Waals surface area contributed by atoms with Gasteiger partial charge in [0.25, 0.3) is 0 Å². The van der Waals surface area contributed by atoms with Crippen LogP contribution in [-0.4, -0.2) is 49.3 Å². The molecule has 3 heterocycles. The van der Waals surface area contributed by atoms with E-state index in [4.69, 9.17) is 14.2 Å². The molecule has 0 bridgehead atoms. The van der Waals surface area contributed by atoms with Gasteiger partial charge in [-0.05, 0) is 50.2 Å². The van der Waals surface area contributed by atoms with Crippen molar-refractivity contribution in [2.75, 3.05) is 33.4 Å². The van der Waals surface area contributed by atoms with Gasteiger partial charge in [-0.1, -0.05) is 0 Å². The van der Waals surface area contributed by atoms with Crippen molar-refractivity contribution < 1.29 is 14.2 Å². The number of nitrogens with zero attached hydrogens (tertiary/aromatic N) is 2. The van der Waals surface area contributed by atoms with Crippen molar-refractivity contribution in [2.45, 2.75) is 31.4 Å². The molecule has 25 heavy (non-hydrogen) atoms. The maximum atomic E-state index is 6.13. The van der Waals surface area contributed by atoms with Crippen LogP contribution in [0.4, 0.5) is 0 Å². The predicted molar refractivity (Wildman–Crippen MR) is 95.2 cm³/mol. The molecule has 1 aromatic heterocycles. The summed E-state index contributed by atoms with van der Waals surface area (Å²) in [5.41, 5.74) is 2.23. The Labute approximate surface area is 148 Å². The fraction of sp³-hybridized carbons (Fsp3) is 0.526. The monoisotopic (exact) mass is 343 g/mol. The first kappa shape index (κ1) is 16.4. The lowest BCUT2D eigenvalue weighted by molar-refractivity contribution is 0.138. The summed E-state index contributed by atoms with van der Waals surface area (Å²) in [4.78, 5) is 0. The highest BCUT2D eigenvalue weighted by Gasteiger charge is 2.22. The molecule has 0 radical (unpaired) electrons. The van der Waals surface area contributed by atoms with Gasteiger partial charge in [-0.15, -0.1) is 0 Å². The Balaban J connectivity index is 1.63. The topological polar surface area (TPSA) is 57.5 Å². The van der Waals surface area contributed by atoms with Gasteiger partial charge in [0.05, 0.1) is 32.1 Å². The van der Waals surface area contributed by atoms with E-state index in [0.717, 1.165) is 61.7 Å². The third kappa shape index (κ3) is 3.50. The van der Waals surface area contributed by atoms with Gasteiger partial charge in [0.1, 0.15) is 6.10 Å². The van der Waals surface area contributed by atoms with Crippen LogP contribution in [0.25, 0.3) is 11.3 Å². The molecule has 0 saturated carbocycles. The van der Waals surface area contributed by atoms with Crippen LogP contribution in [0.3, 0.4) is 0 Å². The number of aromatic nitrogens is 2. The molecule has 0 spiro atoms. The van der Waals surface area contributed by atoms with Crippen LogP contribution in [0.1, 0.15) is 25.3 Å². The van der Waals surface area contributed by atoms with Crippen molar-refractivity contribution >= 4 is 0 Å². The Morgan fingerprint density at radius 2 is 2.04 bits per heavy atom. The summed E-state index contributed by atoms with van der Waals surface area (Å²) in [5.74, 6) is 1.53. The van der Waals surface area contributed by atoms with Crippen molar-refractivity contribution in [3.63, 3.8) is 0 Å². The molecule has 2 aliphatic rings. The average Bonchev–Trinajstić information content (AvgIpc) is 3.34. The standard InChI is InChI=1S/C19H25N3O3/c1-23-18-3-2-14(12-19(18)25-16-7-11-24-13-16)17-6-10-21-22(17)15-4-8-20-9-5-15/h2-3,6,10,12,15-16,20H,4-5,7-9,11,13H2,1H3. The number of hydrogen-bond donors (Lipinski definition) is 1. The van der Waals surface area contributed by atoms with Gasteiger partial charge in [0.15, 0.2) is 11.5 Å². The van der Waals surface area contributed by atoms with E-state index in [9.17, 15) is 0 Å². The quantitative estimate of drug-likeness (QED) is 0.904. The maximum absolute atomic E-state index is 6.13. The van der Waals surface area contributed by atoms with E-state index >= 15 is 0 Å². The minimum absolute atomic E-state index is 0.0958. The van der Waals surface area contributed by atoms with Crippen LogP contribution in [0.15, 0.2) is 30.5 Å². The molecule has 4 rings (SSSR count). The summed E-state index contributed by atoms with van der Waals surface area (Å²) in [6.45, 7) is 3.49.